The molecular weight excluding hydrogens is 317 g/mol. The minimum atomic E-state index is -4.13. The van der Waals surface area contributed by atoms with E-state index in [0.717, 1.165) is 17.7 Å². The third-order valence-corrected chi connectivity index (χ3v) is 4.30. The van der Waals surface area contributed by atoms with E-state index < -0.39 is 12.7 Å². The van der Waals surface area contributed by atoms with E-state index in [9.17, 15) is 13.2 Å². The van der Waals surface area contributed by atoms with Crippen molar-refractivity contribution in [2.45, 2.75) is 31.6 Å². The van der Waals surface area contributed by atoms with E-state index in [1.807, 2.05) is 43.5 Å². The zero-order chi connectivity index (χ0) is 17.2. The molecule has 7 heteroatoms. The quantitative estimate of drug-likeness (QED) is 0.909. The Morgan fingerprint density at radius 3 is 2.88 bits per heavy atom. The van der Waals surface area contributed by atoms with Crippen LogP contribution in [-0.2, 0) is 0 Å². The van der Waals surface area contributed by atoms with Crippen LogP contribution in [0.5, 0.6) is 0 Å². The average molecular weight is 338 g/mol. The number of likely N-dealkylation sites (tertiary alicyclic amines) is 1. The second kappa shape index (κ2) is 6.94. The van der Waals surface area contributed by atoms with Gasteiger partial charge in [-0.05, 0) is 37.1 Å². The van der Waals surface area contributed by atoms with Gasteiger partial charge in [-0.2, -0.15) is 18.3 Å². The van der Waals surface area contributed by atoms with Crippen molar-refractivity contribution < 1.29 is 13.2 Å². The molecule has 0 saturated carbocycles. The maximum absolute atomic E-state index is 12.5. The maximum atomic E-state index is 12.5. The number of aromatic nitrogens is 2. The van der Waals surface area contributed by atoms with Gasteiger partial charge in [0.05, 0.1) is 12.2 Å². The summed E-state index contributed by atoms with van der Waals surface area (Å²) in [6.45, 7) is 2.13. The molecule has 1 aromatic heterocycles. The van der Waals surface area contributed by atoms with Gasteiger partial charge >= 0.3 is 6.18 Å². The molecule has 24 heavy (non-hydrogen) atoms. The van der Waals surface area contributed by atoms with Crippen molar-refractivity contribution in [3.05, 3.63) is 48.3 Å². The van der Waals surface area contributed by atoms with Crippen molar-refractivity contribution in [3.8, 4) is 5.69 Å². The summed E-state index contributed by atoms with van der Waals surface area (Å²) in [5.41, 5.74) is 2.06. The largest absolute Gasteiger partial charge is 0.401 e. The monoisotopic (exact) mass is 338 g/mol. The smallest absolute Gasteiger partial charge is 0.306 e. The highest BCUT2D eigenvalue weighted by atomic mass is 19.4. The average Bonchev–Trinajstić information content (AvgIpc) is 3.18. The lowest BCUT2D eigenvalue weighted by molar-refractivity contribution is -0.143. The van der Waals surface area contributed by atoms with Crippen LogP contribution in [0.1, 0.15) is 24.9 Å². The second-order valence-corrected chi connectivity index (χ2v) is 6.27. The highest BCUT2D eigenvalue weighted by Crippen LogP contribution is 2.22. The molecule has 0 amide bonds. The first-order valence-electron chi connectivity index (χ1n) is 8.06. The number of benzene rings is 1. The number of hydrogen-bond acceptors (Lipinski definition) is 3. The highest BCUT2D eigenvalue weighted by Gasteiger charge is 2.34. The molecule has 2 atom stereocenters. The van der Waals surface area contributed by atoms with E-state index in [1.54, 1.807) is 10.9 Å². The van der Waals surface area contributed by atoms with Gasteiger partial charge in [-0.15, -0.1) is 0 Å². The molecule has 130 valence electrons. The van der Waals surface area contributed by atoms with Gasteiger partial charge in [-0.3, -0.25) is 4.90 Å². The fraction of sp³-hybridized carbons (Fsp3) is 0.471. The molecule has 0 aliphatic carbocycles. The molecular formula is C17H21F3N4. The minimum Gasteiger partial charge on any atom is -0.306 e. The fourth-order valence-corrected chi connectivity index (χ4v) is 3.17. The van der Waals surface area contributed by atoms with Crippen LogP contribution >= 0.6 is 0 Å². The second-order valence-electron chi connectivity index (χ2n) is 6.27. The van der Waals surface area contributed by atoms with Crippen molar-refractivity contribution in [3.63, 3.8) is 0 Å². The molecule has 0 spiro atoms. The summed E-state index contributed by atoms with van der Waals surface area (Å²) in [5, 5.41) is 7.66. The van der Waals surface area contributed by atoms with Gasteiger partial charge in [0.25, 0.3) is 0 Å². The zero-order valence-electron chi connectivity index (χ0n) is 13.5. The predicted octanol–water partition coefficient (Wildman–Crippen LogP) is 3.16. The molecule has 1 aromatic carbocycles. The lowest BCUT2D eigenvalue weighted by Crippen LogP contribution is -2.37. The molecule has 0 unspecified atom stereocenters. The molecule has 1 fully saturated rings. The molecule has 0 radical (unpaired) electrons. The Bertz CT molecular complexity index is 654. The van der Waals surface area contributed by atoms with Crippen molar-refractivity contribution in [1.29, 1.82) is 0 Å². The molecule has 4 nitrogen and oxygen atoms in total. The summed E-state index contributed by atoms with van der Waals surface area (Å²) in [6.07, 6.45) is 0.211. The lowest BCUT2D eigenvalue weighted by atomic mass is 10.1. The first-order valence-corrected chi connectivity index (χ1v) is 8.06. The van der Waals surface area contributed by atoms with Crippen LogP contribution in [-0.4, -0.2) is 46.5 Å². The summed E-state index contributed by atoms with van der Waals surface area (Å²) >= 11 is 0. The Morgan fingerprint density at radius 2 is 2.17 bits per heavy atom. The van der Waals surface area contributed by atoms with Crippen LogP contribution in [0, 0.1) is 0 Å². The molecule has 0 bridgehead atoms. The van der Waals surface area contributed by atoms with Crippen molar-refractivity contribution in [2.75, 3.05) is 19.6 Å². The topological polar surface area (TPSA) is 33.1 Å². The van der Waals surface area contributed by atoms with Crippen molar-refractivity contribution in [2.24, 2.45) is 0 Å². The molecule has 2 aromatic rings. The Morgan fingerprint density at radius 1 is 1.33 bits per heavy atom. The van der Waals surface area contributed by atoms with Gasteiger partial charge in [0.15, 0.2) is 0 Å². The molecule has 3 rings (SSSR count). The minimum absolute atomic E-state index is 0.0661. The SMILES string of the molecule is C[C@@H](N[C@@H]1CCN(CC(F)(F)F)C1)c1cccc(-n2cccn2)c1. The zero-order valence-corrected chi connectivity index (χ0v) is 13.5. The molecule has 2 heterocycles. The number of nitrogens with one attached hydrogen (secondary N) is 1. The number of alkyl halides is 3. The lowest BCUT2D eigenvalue weighted by Gasteiger charge is -2.22. The van der Waals surface area contributed by atoms with Crippen LogP contribution in [0.2, 0.25) is 0 Å². The maximum Gasteiger partial charge on any atom is 0.401 e. The highest BCUT2D eigenvalue weighted by molar-refractivity contribution is 5.36. The molecule has 1 N–H and O–H groups in total. The van der Waals surface area contributed by atoms with E-state index in [1.165, 1.54) is 4.90 Å². The van der Waals surface area contributed by atoms with E-state index >= 15 is 0 Å². The van der Waals surface area contributed by atoms with Crippen LogP contribution in [0.4, 0.5) is 13.2 Å². The Balaban J connectivity index is 1.60. The third kappa shape index (κ3) is 4.36. The summed E-state index contributed by atoms with van der Waals surface area (Å²) in [4.78, 5) is 1.46. The summed E-state index contributed by atoms with van der Waals surface area (Å²) in [7, 11) is 0. The Kier molecular flexibility index (Phi) is 4.91. The Labute approximate surface area is 139 Å². The molecule has 1 saturated heterocycles. The van der Waals surface area contributed by atoms with Crippen LogP contribution in [0.3, 0.4) is 0 Å². The molecule has 1 aliphatic heterocycles. The standard InChI is InChI=1S/C17H21F3N4/c1-13(22-15-6-9-23(11-15)12-17(18,19)20)14-4-2-5-16(10-14)24-8-3-7-21-24/h2-5,7-8,10,13,15,22H,6,9,11-12H2,1H3/t13-,15-/m1/s1. The number of halogens is 3. The summed E-state index contributed by atoms with van der Waals surface area (Å²) < 4.78 is 39.2. The van der Waals surface area contributed by atoms with Gasteiger partial charge < -0.3 is 5.32 Å². The van der Waals surface area contributed by atoms with Crippen LogP contribution in [0.25, 0.3) is 5.69 Å². The number of rotatable bonds is 5. The third-order valence-electron chi connectivity index (χ3n) is 4.30. The van der Waals surface area contributed by atoms with E-state index in [0.29, 0.717) is 13.1 Å². The van der Waals surface area contributed by atoms with E-state index in [4.69, 9.17) is 0 Å². The number of hydrogen-bond donors (Lipinski definition) is 1. The normalized spacial score (nSPS) is 20.4. The van der Waals surface area contributed by atoms with Crippen molar-refractivity contribution in [1.82, 2.24) is 20.0 Å². The van der Waals surface area contributed by atoms with Gasteiger partial charge in [-0.1, -0.05) is 12.1 Å². The fourth-order valence-electron chi connectivity index (χ4n) is 3.17. The van der Waals surface area contributed by atoms with Crippen LogP contribution < -0.4 is 5.32 Å². The predicted molar refractivity (Wildman–Crippen MR) is 86.0 cm³/mol. The first kappa shape index (κ1) is 17.0. The van der Waals surface area contributed by atoms with Gasteiger partial charge in [0.2, 0.25) is 0 Å². The van der Waals surface area contributed by atoms with Crippen molar-refractivity contribution >= 4 is 0 Å². The van der Waals surface area contributed by atoms with Gasteiger partial charge in [0.1, 0.15) is 0 Å². The molecule has 1 aliphatic rings. The van der Waals surface area contributed by atoms with Gasteiger partial charge in [-0.25, -0.2) is 4.68 Å². The summed E-state index contributed by atoms with van der Waals surface area (Å²) in [6, 6.07) is 10.0. The Hall–Kier alpha value is -1.86. The summed E-state index contributed by atoms with van der Waals surface area (Å²) in [5.74, 6) is 0. The van der Waals surface area contributed by atoms with E-state index in [2.05, 4.69) is 10.4 Å². The van der Waals surface area contributed by atoms with E-state index in [-0.39, 0.29) is 12.1 Å². The first-order chi connectivity index (χ1) is 11.4. The van der Waals surface area contributed by atoms with Crippen LogP contribution in [0.15, 0.2) is 42.7 Å². The number of nitrogens with zero attached hydrogens (tertiary/aromatic N) is 3. The van der Waals surface area contributed by atoms with Gasteiger partial charge in [0, 0.05) is 37.6 Å².